The molecule has 0 aromatic heterocycles. The SMILES string of the molecule is CC(C)(C)[N+]1(C(=O)[O-])CCC[C@@H](N)C1. The number of rotatable bonds is 0. The average molecular weight is 200 g/mol. The Morgan fingerprint density at radius 3 is 2.36 bits per heavy atom. The second-order valence-electron chi connectivity index (χ2n) is 5.21. The van der Waals surface area contributed by atoms with Gasteiger partial charge in [0.2, 0.25) is 0 Å². The molecule has 1 rings (SSSR count). The molecule has 1 unspecified atom stereocenters. The number of carbonyl (C=O) groups is 1. The fourth-order valence-electron chi connectivity index (χ4n) is 2.26. The average Bonchev–Trinajstić information content (AvgIpc) is 2.01. The molecular formula is C10H20N2O2. The van der Waals surface area contributed by atoms with E-state index in [1.54, 1.807) is 0 Å². The molecule has 4 heteroatoms. The molecule has 0 radical (unpaired) electrons. The largest absolute Gasteiger partial charge is 0.498 e. The molecule has 4 nitrogen and oxygen atoms in total. The molecule has 1 aliphatic rings. The normalized spacial score (nSPS) is 34.1. The summed E-state index contributed by atoms with van der Waals surface area (Å²) in [5.41, 5.74) is 5.50. The van der Waals surface area contributed by atoms with Crippen LogP contribution in [0.15, 0.2) is 0 Å². The van der Waals surface area contributed by atoms with Crippen molar-refractivity contribution in [1.82, 2.24) is 0 Å². The van der Waals surface area contributed by atoms with Crippen molar-refractivity contribution in [3.8, 4) is 0 Å². The Balaban J connectivity index is 2.98. The summed E-state index contributed by atoms with van der Waals surface area (Å²) in [6.45, 7) is 6.92. The van der Waals surface area contributed by atoms with E-state index in [-0.39, 0.29) is 16.1 Å². The Kier molecular flexibility index (Phi) is 2.88. The van der Waals surface area contributed by atoms with Crippen LogP contribution in [0.4, 0.5) is 4.79 Å². The Morgan fingerprint density at radius 2 is 2.07 bits per heavy atom. The second-order valence-corrected chi connectivity index (χ2v) is 5.21. The van der Waals surface area contributed by atoms with Gasteiger partial charge in [-0.05, 0) is 33.6 Å². The van der Waals surface area contributed by atoms with E-state index >= 15 is 0 Å². The molecule has 0 saturated carbocycles. The Hall–Kier alpha value is -0.610. The van der Waals surface area contributed by atoms with Gasteiger partial charge in [-0.15, -0.1) is 0 Å². The third-order valence-corrected chi connectivity index (χ3v) is 3.29. The minimum atomic E-state index is -0.993. The highest BCUT2D eigenvalue weighted by Crippen LogP contribution is 2.29. The molecule has 1 heterocycles. The lowest BCUT2D eigenvalue weighted by molar-refractivity contribution is -0.924. The number of likely N-dealkylation sites (tertiary alicyclic amines) is 1. The van der Waals surface area contributed by atoms with Gasteiger partial charge in [-0.1, -0.05) is 0 Å². The van der Waals surface area contributed by atoms with Gasteiger partial charge in [0.25, 0.3) is 6.09 Å². The van der Waals surface area contributed by atoms with Crippen LogP contribution in [-0.4, -0.2) is 35.2 Å². The van der Waals surface area contributed by atoms with Crippen LogP contribution in [0.25, 0.3) is 0 Å². The standard InChI is InChI=1S/C10H20N2O2/c1-10(2,3)12(9(13)14)6-4-5-8(11)7-12/h8H,4-7,11H2,1-3H3/t8-,12?/m1/s1. The van der Waals surface area contributed by atoms with E-state index in [1.807, 2.05) is 20.8 Å². The van der Waals surface area contributed by atoms with Gasteiger partial charge < -0.3 is 15.6 Å². The van der Waals surface area contributed by atoms with Crippen LogP contribution < -0.4 is 10.8 Å². The molecule has 2 atom stereocenters. The fourth-order valence-corrected chi connectivity index (χ4v) is 2.26. The zero-order valence-corrected chi connectivity index (χ0v) is 9.25. The van der Waals surface area contributed by atoms with Crippen molar-refractivity contribution in [2.45, 2.75) is 45.2 Å². The van der Waals surface area contributed by atoms with Crippen LogP contribution in [0.1, 0.15) is 33.6 Å². The highest BCUT2D eigenvalue weighted by atomic mass is 16.4. The van der Waals surface area contributed by atoms with Gasteiger partial charge in [-0.25, -0.2) is 0 Å². The predicted molar refractivity (Wildman–Crippen MR) is 52.4 cm³/mol. The van der Waals surface area contributed by atoms with Crippen molar-refractivity contribution in [2.75, 3.05) is 13.1 Å². The highest BCUT2D eigenvalue weighted by molar-refractivity contribution is 5.54. The van der Waals surface area contributed by atoms with Crippen molar-refractivity contribution in [3.63, 3.8) is 0 Å². The van der Waals surface area contributed by atoms with Gasteiger partial charge in [-0.2, -0.15) is 0 Å². The number of hydrogen-bond donors (Lipinski definition) is 1. The van der Waals surface area contributed by atoms with Crippen molar-refractivity contribution in [3.05, 3.63) is 0 Å². The van der Waals surface area contributed by atoms with Crippen LogP contribution in [0.3, 0.4) is 0 Å². The number of piperidine rings is 1. The number of quaternary nitrogens is 1. The van der Waals surface area contributed by atoms with Gasteiger partial charge in [0.15, 0.2) is 0 Å². The van der Waals surface area contributed by atoms with Crippen LogP contribution in [0.2, 0.25) is 0 Å². The summed E-state index contributed by atoms with van der Waals surface area (Å²) in [5.74, 6) is 0. The molecule has 0 bridgehead atoms. The lowest BCUT2D eigenvalue weighted by Crippen LogP contribution is -2.72. The smallest absolute Gasteiger partial charge is 0.257 e. The van der Waals surface area contributed by atoms with Crippen molar-refractivity contribution >= 4 is 6.09 Å². The first-order valence-corrected chi connectivity index (χ1v) is 5.14. The lowest BCUT2D eigenvalue weighted by atomic mass is 9.94. The van der Waals surface area contributed by atoms with Crippen molar-refractivity contribution < 1.29 is 14.4 Å². The number of carboxylic acid groups (broad SMARTS) is 1. The third kappa shape index (κ3) is 1.77. The lowest BCUT2D eigenvalue weighted by Gasteiger charge is -2.51. The summed E-state index contributed by atoms with van der Waals surface area (Å²) >= 11 is 0. The number of amides is 1. The van der Waals surface area contributed by atoms with Gasteiger partial charge in [0.1, 0.15) is 6.54 Å². The Bertz CT molecular complexity index is 235. The fraction of sp³-hybridized carbons (Fsp3) is 0.900. The van der Waals surface area contributed by atoms with E-state index in [2.05, 4.69) is 0 Å². The quantitative estimate of drug-likeness (QED) is 0.562. The molecule has 0 aliphatic carbocycles. The first kappa shape index (κ1) is 11.5. The predicted octanol–water partition coefficient (Wildman–Crippen LogP) is 0.0661. The third-order valence-electron chi connectivity index (χ3n) is 3.29. The first-order chi connectivity index (χ1) is 6.29. The van der Waals surface area contributed by atoms with E-state index in [4.69, 9.17) is 5.73 Å². The van der Waals surface area contributed by atoms with Crippen molar-refractivity contribution in [2.24, 2.45) is 5.73 Å². The monoisotopic (exact) mass is 200 g/mol. The molecule has 0 aromatic carbocycles. The number of nitrogens with zero attached hydrogens (tertiary/aromatic N) is 1. The number of nitrogens with two attached hydrogens (primary N) is 1. The summed E-state index contributed by atoms with van der Waals surface area (Å²) in [6.07, 6.45) is 0.795. The maximum Gasteiger partial charge on any atom is 0.257 e. The zero-order valence-electron chi connectivity index (χ0n) is 9.25. The summed E-state index contributed by atoms with van der Waals surface area (Å²) in [5, 5.41) is 11.3. The van der Waals surface area contributed by atoms with E-state index < -0.39 is 6.09 Å². The summed E-state index contributed by atoms with van der Waals surface area (Å²) in [7, 11) is 0. The van der Waals surface area contributed by atoms with Gasteiger partial charge in [0, 0.05) is 0 Å². The van der Waals surface area contributed by atoms with Crippen molar-refractivity contribution in [1.29, 1.82) is 0 Å². The van der Waals surface area contributed by atoms with E-state index in [1.165, 1.54) is 0 Å². The van der Waals surface area contributed by atoms with Gasteiger partial charge in [-0.3, -0.25) is 4.48 Å². The minimum Gasteiger partial charge on any atom is -0.498 e. The molecule has 1 aliphatic heterocycles. The molecule has 1 fully saturated rings. The topological polar surface area (TPSA) is 66.1 Å². The Labute approximate surface area is 85.3 Å². The molecular weight excluding hydrogens is 180 g/mol. The Morgan fingerprint density at radius 1 is 1.50 bits per heavy atom. The molecule has 0 aromatic rings. The summed E-state index contributed by atoms with van der Waals surface area (Å²) < 4.78 is -0.00579. The molecule has 2 N–H and O–H groups in total. The first-order valence-electron chi connectivity index (χ1n) is 5.14. The van der Waals surface area contributed by atoms with E-state index in [9.17, 15) is 9.90 Å². The van der Waals surface area contributed by atoms with Crippen LogP contribution >= 0.6 is 0 Å². The van der Waals surface area contributed by atoms with Crippen LogP contribution in [-0.2, 0) is 0 Å². The van der Waals surface area contributed by atoms with Gasteiger partial charge >= 0.3 is 0 Å². The summed E-state index contributed by atoms with van der Waals surface area (Å²) in [6, 6.07) is -0.0131. The molecule has 14 heavy (non-hydrogen) atoms. The zero-order chi connectivity index (χ0) is 11.0. The molecule has 82 valence electrons. The van der Waals surface area contributed by atoms with Crippen LogP contribution in [0, 0.1) is 0 Å². The van der Waals surface area contributed by atoms with Crippen LogP contribution in [0.5, 0.6) is 0 Å². The molecule has 1 saturated heterocycles. The maximum atomic E-state index is 11.3. The van der Waals surface area contributed by atoms with Gasteiger partial charge in [0.05, 0.1) is 18.1 Å². The maximum absolute atomic E-state index is 11.3. The second kappa shape index (κ2) is 3.51. The summed E-state index contributed by atoms with van der Waals surface area (Å²) in [4.78, 5) is 11.3. The molecule has 0 spiro atoms. The number of carbonyl (C=O) groups excluding carboxylic acids is 1. The van der Waals surface area contributed by atoms with E-state index in [0.29, 0.717) is 13.1 Å². The number of hydrogen-bond acceptors (Lipinski definition) is 3. The molecule has 1 amide bonds. The van der Waals surface area contributed by atoms with E-state index in [0.717, 1.165) is 12.8 Å². The minimum absolute atomic E-state index is 0.00579. The highest BCUT2D eigenvalue weighted by Gasteiger charge is 2.45.